The van der Waals surface area contributed by atoms with Gasteiger partial charge in [0, 0.05) is 24.5 Å². The van der Waals surface area contributed by atoms with E-state index in [9.17, 15) is 0 Å². The number of aromatic nitrogens is 5. The molecule has 0 amide bonds. The van der Waals surface area contributed by atoms with E-state index < -0.39 is 0 Å². The fourth-order valence-corrected chi connectivity index (χ4v) is 1.46. The first-order chi connectivity index (χ1) is 7.92. The molecule has 0 radical (unpaired) electrons. The van der Waals surface area contributed by atoms with Gasteiger partial charge in [0.25, 0.3) is 0 Å². The summed E-state index contributed by atoms with van der Waals surface area (Å²) in [7, 11) is 0. The summed E-state index contributed by atoms with van der Waals surface area (Å²) < 4.78 is 1.73. The molecule has 3 rings (SSSR count). The van der Waals surface area contributed by atoms with Crippen molar-refractivity contribution in [3.8, 4) is 0 Å². The highest BCUT2D eigenvalue weighted by molar-refractivity contribution is 5.42. The topological polar surface area (TPSA) is 70.9 Å². The van der Waals surface area contributed by atoms with Gasteiger partial charge >= 0.3 is 0 Å². The molecule has 0 bridgehead atoms. The Morgan fingerprint density at radius 1 is 1.38 bits per heavy atom. The summed E-state index contributed by atoms with van der Waals surface area (Å²) in [6, 6.07) is 5.77. The Kier molecular flexibility index (Phi) is 2.03. The van der Waals surface area contributed by atoms with Crippen molar-refractivity contribution in [2.45, 2.75) is 6.54 Å². The minimum atomic E-state index is 0.618. The van der Waals surface area contributed by atoms with E-state index in [1.165, 1.54) is 0 Å². The maximum absolute atomic E-state index is 4.32. The van der Waals surface area contributed by atoms with Crippen molar-refractivity contribution in [1.82, 2.24) is 24.8 Å². The van der Waals surface area contributed by atoms with Crippen LogP contribution in [-0.2, 0) is 6.54 Å². The average molecular weight is 214 g/mol. The molecule has 0 aromatic carbocycles. The fourth-order valence-electron chi connectivity index (χ4n) is 1.46. The first kappa shape index (κ1) is 8.90. The molecule has 6 nitrogen and oxygen atoms in total. The molecule has 0 fully saturated rings. The summed E-state index contributed by atoms with van der Waals surface area (Å²) in [5.41, 5.74) is 1.90. The van der Waals surface area contributed by atoms with Crippen molar-refractivity contribution < 1.29 is 0 Å². The second-order valence-corrected chi connectivity index (χ2v) is 3.40. The van der Waals surface area contributed by atoms with Gasteiger partial charge in [0.1, 0.15) is 0 Å². The highest BCUT2D eigenvalue weighted by Gasteiger charge is 2.01. The van der Waals surface area contributed by atoms with Crippen LogP contribution in [0.4, 0.5) is 5.95 Å². The Bertz CT molecular complexity index is 549. The second kappa shape index (κ2) is 3.65. The second-order valence-electron chi connectivity index (χ2n) is 3.40. The van der Waals surface area contributed by atoms with E-state index in [0.29, 0.717) is 12.5 Å². The van der Waals surface area contributed by atoms with Crippen molar-refractivity contribution >= 4 is 11.6 Å². The van der Waals surface area contributed by atoms with Gasteiger partial charge < -0.3 is 5.32 Å². The largest absolute Gasteiger partial charge is 0.349 e. The van der Waals surface area contributed by atoms with Crippen molar-refractivity contribution in [1.29, 1.82) is 0 Å². The Labute approximate surface area is 91.3 Å². The lowest BCUT2D eigenvalue weighted by molar-refractivity contribution is 0.950. The van der Waals surface area contributed by atoms with Crippen LogP contribution in [-0.4, -0.2) is 24.8 Å². The van der Waals surface area contributed by atoms with E-state index >= 15 is 0 Å². The van der Waals surface area contributed by atoms with Crippen LogP contribution >= 0.6 is 0 Å². The molecule has 80 valence electrons. The third-order valence-corrected chi connectivity index (χ3v) is 2.25. The summed E-state index contributed by atoms with van der Waals surface area (Å²) >= 11 is 0. The van der Waals surface area contributed by atoms with Gasteiger partial charge in [-0.3, -0.25) is 5.10 Å². The van der Waals surface area contributed by atoms with Crippen molar-refractivity contribution in [3.05, 3.63) is 42.4 Å². The van der Waals surface area contributed by atoms with E-state index in [1.54, 1.807) is 10.7 Å². The summed E-state index contributed by atoms with van der Waals surface area (Å²) in [5.74, 6) is 0.618. The van der Waals surface area contributed by atoms with Crippen LogP contribution in [0.1, 0.15) is 5.56 Å². The lowest BCUT2D eigenvalue weighted by atomic mass is 10.4. The Hall–Kier alpha value is -2.37. The lowest BCUT2D eigenvalue weighted by Gasteiger charge is -1.96. The Balaban J connectivity index is 1.79. The van der Waals surface area contributed by atoms with Crippen LogP contribution in [0, 0.1) is 0 Å². The maximum atomic E-state index is 4.32. The van der Waals surface area contributed by atoms with E-state index in [4.69, 9.17) is 0 Å². The molecule has 6 heteroatoms. The summed E-state index contributed by atoms with van der Waals surface area (Å²) in [5, 5.41) is 14.0. The van der Waals surface area contributed by atoms with Gasteiger partial charge in [-0.05, 0) is 12.1 Å². The molecule has 3 aromatic rings. The standard InChI is InChI=1S/C10H10N6/c1-2-4-16-9(3-1)14-10(15-16)11-5-8-6-12-13-7-8/h1-4,6-7H,5H2,(H,11,15)(H,12,13). The van der Waals surface area contributed by atoms with Gasteiger partial charge in [-0.1, -0.05) is 6.07 Å². The number of fused-ring (bicyclic) bond motifs is 1. The number of pyridine rings is 1. The normalized spacial score (nSPS) is 10.8. The molecule has 0 saturated heterocycles. The van der Waals surface area contributed by atoms with Crippen LogP contribution in [0.25, 0.3) is 5.65 Å². The number of rotatable bonds is 3. The van der Waals surface area contributed by atoms with Crippen LogP contribution in [0.3, 0.4) is 0 Å². The monoisotopic (exact) mass is 214 g/mol. The summed E-state index contributed by atoms with van der Waals surface area (Å²) in [6.45, 7) is 0.660. The zero-order valence-corrected chi connectivity index (χ0v) is 8.46. The molecule has 16 heavy (non-hydrogen) atoms. The van der Waals surface area contributed by atoms with Crippen molar-refractivity contribution in [2.75, 3.05) is 5.32 Å². The van der Waals surface area contributed by atoms with E-state index in [-0.39, 0.29) is 0 Å². The maximum Gasteiger partial charge on any atom is 0.243 e. The minimum absolute atomic E-state index is 0.618. The highest BCUT2D eigenvalue weighted by Crippen LogP contribution is 2.05. The van der Waals surface area contributed by atoms with Gasteiger partial charge in [-0.25, -0.2) is 4.52 Å². The van der Waals surface area contributed by atoms with E-state index in [1.807, 2.05) is 30.6 Å². The SMILES string of the molecule is c1ccn2nc(NCc3cn[nH]c3)nc2c1. The zero-order chi connectivity index (χ0) is 10.8. The molecule has 0 atom stereocenters. The summed E-state index contributed by atoms with van der Waals surface area (Å²) in [4.78, 5) is 4.32. The molecule has 2 N–H and O–H groups in total. The quantitative estimate of drug-likeness (QED) is 0.684. The zero-order valence-electron chi connectivity index (χ0n) is 8.46. The molecular formula is C10H10N6. The first-order valence-electron chi connectivity index (χ1n) is 4.95. The van der Waals surface area contributed by atoms with Crippen molar-refractivity contribution in [2.24, 2.45) is 0 Å². The number of H-pyrrole nitrogens is 1. The average Bonchev–Trinajstić information content (AvgIpc) is 2.95. The van der Waals surface area contributed by atoms with E-state index in [0.717, 1.165) is 11.2 Å². The molecule has 0 spiro atoms. The summed E-state index contributed by atoms with van der Waals surface area (Å²) in [6.07, 6.45) is 5.47. The predicted molar refractivity (Wildman–Crippen MR) is 58.9 cm³/mol. The molecule has 0 saturated carbocycles. The van der Waals surface area contributed by atoms with Crippen LogP contribution in [0.5, 0.6) is 0 Å². The molecule has 0 aliphatic carbocycles. The van der Waals surface area contributed by atoms with Gasteiger partial charge in [0.2, 0.25) is 5.95 Å². The number of aromatic amines is 1. The van der Waals surface area contributed by atoms with Gasteiger partial charge in [0.15, 0.2) is 5.65 Å². The Morgan fingerprint density at radius 3 is 3.19 bits per heavy atom. The Morgan fingerprint density at radius 2 is 2.38 bits per heavy atom. The van der Waals surface area contributed by atoms with Crippen molar-refractivity contribution in [3.63, 3.8) is 0 Å². The molecular weight excluding hydrogens is 204 g/mol. The van der Waals surface area contributed by atoms with Crippen LogP contribution in [0.15, 0.2) is 36.8 Å². The smallest absolute Gasteiger partial charge is 0.243 e. The minimum Gasteiger partial charge on any atom is -0.349 e. The molecule has 0 aliphatic heterocycles. The third kappa shape index (κ3) is 1.60. The molecule has 3 heterocycles. The number of hydrogen-bond donors (Lipinski definition) is 2. The lowest BCUT2D eigenvalue weighted by Crippen LogP contribution is -2.00. The molecule has 0 unspecified atom stereocenters. The molecule has 0 aliphatic rings. The fraction of sp³-hybridized carbons (Fsp3) is 0.100. The van der Waals surface area contributed by atoms with Crippen LogP contribution in [0.2, 0.25) is 0 Å². The third-order valence-electron chi connectivity index (χ3n) is 2.25. The number of nitrogens with one attached hydrogen (secondary N) is 2. The van der Waals surface area contributed by atoms with E-state index in [2.05, 4.69) is 25.6 Å². The van der Waals surface area contributed by atoms with Gasteiger partial charge in [-0.15, -0.1) is 5.10 Å². The van der Waals surface area contributed by atoms with Crippen LogP contribution < -0.4 is 5.32 Å². The predicted octanol–water partition coefficient (Wildman–Crippen LogP) is 1.06. The molecule has 3 aromatic heterocycles. The van der Waals surface area contributed by atoms with Gasteiger partial charge in [-0.2, -0.15) is 10.1 Å². The highest BCUT2D eigenvalue weighted by atomic mass is 15.3. The number of hydrogen-bond acceptors (Lipinski definition) is 4. The first-order valence-corrected chi connectivity index (χ1v) is 4.95. The van der Waals surface area contributed by atoms with Gasteiger partial charge in [0.05, 0.1) is 6.20 Å². The number of anilines is 1. The number of nitrogens with zero attached hydrogens (tertiary/aromatic N) is 4.